The lowest BCUT2D eigenvalue weighted by molar-refractivity contribution is -0.119. The summed E-state index contributed by atoms with van der Waals surface area (Å²) in [4.78, 5) is 29.4. The Balaban J connectivity index is 1.81. The summed E-state index contributed by atoms with van der Waals surface area (Å²) in [6, 6.07) is 10.2. The Kier molecular flexibility index (Phi) is 6.54. The molecule has 0 atom stereocenters. The molecule has 6 nitrogen and oxygen atoms in total. The van der Waals surface area contributed by atoms with E-state index in [1.807, 2.05) is 0 Å². The van der Waals surface area contributed by atoms with Gasteiger partial charge in [0.25, 0.3) is 0 Å². The van der Waals surface area contributed by atoms with Crippen molar-refractivity contribution in [3.8, 4) is 0 Å². The second kappa shape index (κ2) is 8.63. The van der Waals surface area contributed by atoms with Crippen LogP contribution in [0, 0.1) is 0 Å². The summed E-state index contributed by atoms with van der Waals surface area (Å²) in [7, 11) is 1.67. The van der Waals surface area contributed by atoms with Gasteiger partial charge in [0.2, 0.25) is 11.8 Å². The van der Waals surface area contributed by atoms with Crippen LogP contribution >= 0.6 is 23.2 Å². The third-order valence-electron chi connectivity index (χ3n) is 2.97. The number of halogens is 2. The van der Waals surface area contributed by atoms with Gasteiger partial charge in [-0.2, -0.15) is 0 Å². The molecule has 126 valence electrons. The molecule has 0 radical (unpaired) electrons. The lowest BCUT2D eigenvalue weighted by Gasteiger charge is -2.16. The summed E-state index contributed by atoms with van der Waals surface area (Å²) in [5.41, 5.74) is 1.04. The van der Waals surface area contributed by atoms with Crippen molar-refractivity contribution < 1.29 is 9.59 Å². The number of aromatic nitrogens is 1. The summed E-state index contributed by atoms with van der Waals surface area (Å²) >= 11 is 11.7. The smallest absolute Gasteiger partial charge is 0.238 e. The number of nitrogens with zero attached hydrogens (tertiary/aromatic N) is 2. The van der Waals surface area contributed by atoms with Crippen LogP contribution in [-0.4, -0.2) is 41.8 Å². The predicted octanol–water partition coefficient (Wildman–Crippen LogP) is 2.90. The molecule has 0 aliphatic carbocycles. The first-order valence-electron chi connectivity index (χ1n) is 7.08. The van der Waals surface area contributed by atoms with Crippen LogP contribution < -0.4 is 10.6 Å². The molecule has 1 aromatic heterocycles. The fraction of sp³-hybridized carbons (Fsp3) is 0.188. The molecule has 24 heavy (non-hydrogen) atoms. The fourth-order valence-electron chi connectivity index (χ4n) is 1.98. The van der Waals surface area contributed by atoms with Crippen LogP contribution in [0.3, 0.4) is 0 Å². The van der Waals surface area contributed by atoms with Gasteiger partial charge in [0.15, 0.2) is 5.15 Å². The molecule has 2 N–H and O–H groups in total. The van der Waals surface area contributed by atoms with Crippen LogP contribution in [-0.2, 0) is 9.59 Å². The van der Waals surface area contributed by atoms with E-state index in [-0.39, 0.29) is 30.1 Å². The van der Waals surface area contributed by atoms with E-state index < -0.39 is 0 Å². The third-order valence-corrected chi connectivity index (χ3v) is 3.50. The van der Waals surface area contributed by atoms with Gasteiger partial charge < -0.3 is 10.6 Å². The van der Waals surface area contributed by atoms with E-state index in [2.05, 4.69) is 15.6 Å². The van der Waals surface area contributed by atoms with Crippen LogP contribution in [0.15, 0.2) is 42.6 Å². The van der Waals surface area contributed by atoms with E-state index in [1.165, 1.54) is 6.20 Å². The molecule has 0 aliphatic rings. The van der Waals surface area contributed by atoms with Crippen LogP contribution in [0.5, 0.6) is 0 Å². The minimum Gasteiger partial charge on any atom is -0.325 e. The second-order valence-corrected chi connectivity index (χ2v) is 5.92. The number of likely N-dealkylation sites (N-methyl/N-ethyl adjacent to an activating group) is 1. The number of benzene rings is 1. The number of rotatable bonds is 6. The number of nitrogens with one attached hydrogen (secondary N) is 2. The van der Waals surface area contributed by atoms with E-state index in [9.17, 15) is 9.59 Å². The standard InChI is InChI=1S/C16H16Cl2N4O2/c1-22(9-14(23)20-12-5-2-4-11(17)8-12)10-15(24)21-13-6-3-7-19-16(13)18/h2-8H,9-10H2,1H3,(H,20,23)(H,21,24). The molecule has 0 spiro atoms. The second-order valence-electron chi connectivity index (χ2n) is 5.12. The summed E-state index contributed by atoms with van der Waals surface area (Å²) in [5.74, 6) is -0.532. The highest BCUT2D eigenvalue weighted by atomic mass is 35.5. The first kappa shape index (κ1) is 18.2. The maximum Gasteiger partial charge on any atom is 0.238 e. The number of anilines is 2. The molecular formula is C16H16Cl2N4O2. The molecule has 2 rings (SSSR count). The zero-order valence-electron chi connectivity index (χ0n) is 12.9. The monoisotopic (exact) mass is 366 g/mol. The first-order valence-corrected chi connectivity index (χ1v) is 7.84. The minimum absolute atomic E-state index is 0.0359. The predicted molar refractivity (Wildman–Crippen MR) is 95.5 cm³/mol. The highest BCUT2D eigenvalue weighted by molar-refractivity contribution is 6.32. The normalized spacial score (nSPS) is 10.5. The van der Waals surface area contributed by atoms with Crippen molar-refractivity contribution in [1.82, 2.24) is 9.88 Å². The minimum atomic E-state index is -0.289. The van der Waals surface area contributed by atoms with Crippen LogP contribution in [0.25, 0.3) is 0 Å². The Labute approximate surface area is 149 Å². The Bertz CT molecular complexity index is 740. The van der Waals surface area contributed by atoms with E-state index in [0.717, 1.165) is 0 Å². The van der Waals surface area contributed by atoms with Crippen molar-refractivity contribution in [3.63, 3.8) is 0 Å². The van der Waals surface area contributed by atoms with Gasteiger partial charge in [-0.25, -0.2) is 4.98 Å². The third kappa shape index (κ3) is 5.81. The molecule has 0 aliphatic heterocycles. The highest BCUT2D eigenvalue weighted by Crippen LogP contribution is 2.17. The van der Waals surface area contributed by atoms with Crippen molar-refractivity contribution >= 4 is 46.4 Å². The van der Waals surface area contributed by atoms with E-state index >= 15 is 0 Å². The van der Waals surface area contributed by atoms with Crippen molar-refractivity contribution in [1.29, 1.82) is 0 Å². The zero-order chi connectivity index (χ0) is 17.5. The van der Waals surface area contributed by atoms with Crippen molar-refractivity contribution in [2.45, 2.75) is 0 Å². The van der Waals surface area contributed by atoms with Crippen molar-refractivity contribution in [2.24, 2.45) is 0 Å². The first-order chi connectivity index (χ1) is 11.4. The summed E-state index contributed by atoms with van der Waals surface area (Å²) in [5, 5.41) is 6.12. The molecule has 8 heteroatoms. The summed E-state index contributed by atoms with van der Waals surface area (Å²) < 4.78 is 0. The molecule has 0 unspecified atom stereocenters. The molecule has 1 heterocycles. The lowest BCUT2D eigenvalue weighted by atomic mass is 10.3. The topological polar surface area (TPSA) is 74.3 Å². The SMILES string of the molecule is CN(CC(=O)Nc1cccc(Cl)c1)CC(=O)Nc1cccnc1Cl. The van der Waals surface area contributed by atoms with Gasteiger partial charge in [-0.05, 0) is 37.4 Å². The van der Waals surface area contributed by atoms with Gasteiger partial charge in [0, 0.05) is 16.9 Å². The van der Waals surface area contributed by atoms with Crippen LogP contribution in [0.2, 0.25) is 10.2 Å². The van der Waals surface area contributed by atoms with Gasteiger partial charge >= 0.3 is 0 Å². The molecule has 2 aromatic rings. The quantitative estimate of drug-likeness (QED) is 0.770. The maximum atomic E-state index is 12.0. The molecule has 0 fully saturated rings. The number of carbonyl (C=O) groups excluding carboxylic acids is 2. The average molecular weight is 367 g/mol. The van der Waals surface area contributed by atoms with Crippen molar-refractivity contribution in [3.05, 3.63) is 52.8 Å². The molecule has 0 bridgehead atoms. The Morgan fingerprint density at radius 1 is 1.08 bits per heavy atom. The Morgan fingerprint density at radius 2 is 1.79 bits per heavy atom. The summed E-state index contributed by atoms with van der Waals surface area (Å²) in [6.07, 6.45) is 1.53. The maximum absolute atomic E-state index is 12.0. The van der Waals surface area contributed by atoms with E-state index in [1.54, 1.807) is 48.3 Å². The van der Waals surface area contributed by atoms with E-state index in [0.29, 0.717) is 16.4 Å². The molecular weight excluding hydrogens is 351 g/mol. The number of hydrogen-bond donors (Lipinski definition) is 2. The molecule has 0 saturated heterocycles. The number of amides is 2. The molecule has 0 saturated carbocycles. The summed E-state index contributed by atoms with van der Waals surface area (Å²) in [6.45, 7) is 0.0922. The fourth-order valence-corrected chi connectivity index (χ4v) is 2.34. The lowest BCUT2D eigenvalue weighted by Crippen LogP contribution is -2.36. The van der Waals surface area contributed by atoms with Gasteiger partial charge in [0.1, 0.15) is 0 Å². The Morgan fingerprint density at radius 3 is 2.46 bits per heavy atom. The molecule has 2 amide bonds. The number of carbonyl (C=O) groups is 2. The number of pyridine rings is 1. The van der Waals surface area contributed by atoms with Crippen LogP contribution in [0.1, 0.15) is 0 Å². The van der Waals surface area contributed by atoms with Crippen LogP contribution in [0.4, 0.5) is 11.4 Å². The van der Waals surface area contributed by atoms with Gasteiger partial charge in [-0.3, -0.25) is 14.5 Å². The number of hydrogen-bond acceptors (Lipinski definition) is 4. The van der Waals surface area contributed by atoms with Crippen molar-refractivity contribution in [2.75, 3.05) is 30.8 Å². The average Bonchev–Trinajstić information content (AvgIpc) is 2.49. The van der Waals surface area contributed by atoms with Gasteiger partial charge in [-0.15, -0.1) is 0 Å². The van der Waals surface area contributed by atoms with Gasteiger partial charge in [0.05, 0.1) is 18.8 Å². The van der Waals surface area contributed by atoms with Gasteiger partial charge in [-0.1, -0.05) is 29.3 Å². The zero-order valence-corrected chi connectivity index (χ0v) is 14.4. The largest absolute Gasteiger partial charge is 0.325 e. The molecule has 1 aromatic carbocycles. The highest BCUT2D eigenvalue weighted by Gasteiger charge is 2.12. The van der Waals surface area contributed by atoms with E-state index in [4.69, 9.17) is 23.2 Å². The Hall–Kier alpha value is -2.15.